The van der Waals surface area contributed by atoms with E-state index >= 15 is 0 Å². The number of benzene rings is 2. The van der Waals surface area contributed by atoms with E-state index in [1.807, 2.05) is 6.08 Å². The molecule has 7 nitrogen and oxygen atoms in total. The van der Waals surface area contributed by atoms with Gasteiger partial charge < -0.3 is 10.4 Å². The minimum atomic E-state index is -0.978. The van der Waals surface area contributed by atoms with Gasteiger partial charge in [0.1, 0.15) is 0 Å². The number of hydrogen-bond acceptors (Lipinski definition) is 5. The van der Waals surface area contributed by atoms with Crippen LogP contribution in [-0.4, -0.2) is 34.0 Å². The molecule has 170 valence electrons. The molecule has 2 aliphatic rings. The molecule has 1 saturated heterocycles. The Morgan fingerprint density at radius 3 is 2.39 bits per heavy atom. The smallest absolute Gasteiger partial charge is 0.307 e. The van der Waals surface area contributed by atoms with E-state index < -0.39 is 23.1 Å². The number of rotatable bonds is 6. The van der Waals surface area contributed by atoms with Crippen molar-refractivity contribution in [3.8, 4) is 0 Å². The van der Waals surface area contributed by atoms with Crippen molar-refractivity contribution in [2.24, 2.45) is 11.8 Å². The van der Waals surface area contributed by atoms with E-state index in [1.165, 1.54) is 11.8 Å². The maximum Gasteiger partial charge on any atom is 0.307 e. The van der Waals surface area contributed by atoms with Gasteiger partial charge in [0.2, 0.25) is 17.7 Å². The molecule has 3 unspecified atom stereocenters. The normalized spacial score (nSPS) is 22.5. The Hall–Kier alpha value is -3.10. The number of amides is 3. The lowest BCUT2D eigenvalue weighted by Crippen LogP contribution is -2.34. The molecule has 0 bridgehead atoms. The van der Waals surface area contributed by atoms with Crippen LogP contribution >= 0.6 is 23.4 Å². The van der Waals surface area contributed by atoms with Gasteiger partial charge in [-0.15, -0.1) is 11.8 Å². The number of hydrogen-bond donors (Lipinski definition) is 2. The molecule has 1 aliphatic carbocycles. The van der Waals surface area contributed by atoms with Crippen LogP contribution in [0.4, 0.5) is 11.4 Å². The van der Waals surface area contributed by atoms with Crippen LogP contribution in [0.15, 0.2) is 65.6 Å². The number of carboxylic acid groups (broad SMARTS) is 1. The van der Waals surface area contributed by atoms with E-state index in [0.717, 1.165) is 9.80 Å². The van der Waals surface area contributed by atoms with E-state index in [0.29, 0.717) is 29.2 Å². The summed E-state index contributed by atoms with van der Waals surface area (Å²) in [6.45, 7) is 0. The van der Waals surface area contributed by atoms with Gasteiger partial charge in [0.05, 0.1) is 22.8 Å². The zero-order valence-corrected chi connectivity index (χ0v) is 19.0. The highest BCUT2D eigenvalue weighted by atomic mass is 35.5. The second kappa shape index (κ2) is 9.80. The van der Waals surface area contributed by atoms with E-state index in [1.54, 1.807) is 54.6 Å². The van der Waals surface area contributed by atoms with Gasteiger partial charge in [0.25, 0.3) is 0 Å². The van der Waals surface area contributed by atoms with Crippen LogP contribution in [-0.2, 0) is 19.2 Å². The Labute approximate surface area is 199 Å². The average Bonchev–Trinajstić information content (AvgIpc) is 3.07. The predicted molar refractivity (Wildman–Crippen MR) is 126 cm³/mol. The molecule has 3 atom stereocenters. The fourth-order valence-corrected chi connectivity index (χ4v) is 5.21. The topological polar surface area (TPSA) is 104 Å². The number of allylic oxidation sites excluding steroid dienone is 2. The van der Waals surface area contributed by atoms with E-state index in [2.05, 4.69) is 5.32 Å². The predicted octanol–water partition coefficient (Wildman–Crippen LogP) is 4.37. The number of halogens is 1. The van der Waals surface area contributed by atoms with Gasteiger partial charge in [-0.25, -0.2) is 4.90 Å². The van der Waals surface area contributed by atoms with Crippen LogP contribution in [0.1, 0.15) is 19.3 Å². The number of carbonyl (C=O) groups excluding carboxylic acids is 3. The Bertz CT molecular complexity index is 1130. The summed E-state index contributed by atoms with van der Waals surface area (Å²) in [5, 5.41) is 12.0. The quantitative estimate of drug-likeness (QED) is 0.466. The first-order valence-electron chi connectivity index (χ1n) is 10.4. The number of nitrogens with zero attached hydrogens (tertiary/aromatic N) is 1. The number of carboxylic acids is 1. The number of imide groups is 1. The summed E-state index contributed by atoms with van der Waals surface area (Å²) < 4.78 is 0. The highest BCUT2D eigenvalue weighted by Gasteiger charge is 2.40. The summed E-state index contributed by atoms with van der Waals surface area (Å²) in [4.78, 5) is 51.3. The molecule has 1 heterocycles. The second-order valence-electron chi connectivity index (χ2n) is 7.87. The Balaban J connectivity index is 1.39. The summed E-state index contributed by atoms with van der Waals surface area (Å²) in [5.74, 6) is -3.25. The number of thioether (sulfide) groups is 1. The average molecular weight is 485 g/mol. The first-order valence-corrected chi connectivity index (χ1v) is 11.7. The molecule has 3 amide bonds. The van der Waals surface area contributed by atoms with Gasteiger partial charge in [0, 0.05) is 22.0 Å². The van der Waals surface area contributed by atoms with Crippen LogP contribution < -0.4 is 10.2 Å². The molecular weight excluding hydrogens is 464 g/mol. The number of anilines is 2. The Kier molecular flexibility index (Phi) is 6.85. The monoisotopic (exact) mass is 484 g/mol. The first kappa shape index (κ1) is 23.1. The lowest BCUT2D eigenvalue weighted by Gasteiger charge is -2.24. The van der Waals surface area contributed by atoms with Crippen molar-refractivity contribution in [2.75, 3.05) is 10.2 Å². The van der Waals surface area contributed by atoms with Gasteiger partial charge >= 0.3 is 5.97 Å². The van der Waals surface area contributed by atoms with Gasteiger partial charge in [-0.2, -0.15) is 0 Å². The molecule has 0 radical (unpaired) electrons. The minimum absolute atomic E-state index is 0.0836. The van der Waals surface area contributed by atoms with E-state index in [9.17, 15) is 24.3 Å². The standard InChI is InChI=1S/C24H21ClN2O5S/c25-14-4-3-5-16(12-14)27-21(28)13-20(23(27)30)33-17-10-8-15(9-11-17)26-22(29)18-6-1-2-7-19(18)24(31)32/h1-5,8-12,18-20H,6-7,13H2,(H,26,29)(H,31,32). The Morgan fingerprint density at radius 1 is 1.03 bits per heavy atom. The van der Waals surface area contributed by atoms with Gasteiger partial charge in [-0.3, -0.25) is 19.2 Å². The zero-order chi connectivity index (χ0) is 23.5. The summed E-state index contributed by atoms with van der Waals surface area (Å²) in [5.41, 5.74) is 0.994. The molecular formula is C24H21ClN2O5S. The molecule has 33 heavy (non-hydrogen) atoms. The maximum absolute atomic E-state index is 12.8. The van der Waals surface area contributed by atoms with E-state index in [4.69, 9.17) is 11.6 Å². The molecule has 4 rings (SSSR count). The fourth-order valence-electron chi connectivity index (χ4n) is 3.98. The lowest BCUT2D eigenvalue weighted by molar-refractivity contribution is -0.146. The van der Waals surface area contributed by atoms with Crippen molar-refractivity contribution in [3.05, 3.63) is 65.7 Å². The highest BCUT2D eigenvalue weighted by molar-refractivity contribution is 8.00. The molecule has 9 heteroatoms. The molecule has 2 aromatic rings. The third kappa shape index (κ3) is 5.12. The number of aliphatic carboxylic acids is 1. The largest absolute Gasteiger partial charge is 0.481 e. The third-order valence-electron chi connectivity index (χ3n) is 5.66. The zero-order valence-electron chi connectivity index (χ0n) is 17.4. The number of carbonyl (C=O) groups is 4. The summed E-state index contributed by atoms with van der Waals surface area (Å²) >= 11 is 7.27. The molecule has 2 N–H and O–H groups in total. The van der Waals surface area contributed by atoms with Crippen molar-refractivity contribution in [1.82, 2.24) is 0 Å². The lowest BCUT2D eigenvalue weighted by atomic mass is 9.82. The van der Waals surface area contributed by atoms with Crippen molar-refractivity contribution in [1.29, 1.82) is 0 Å². The van der Waals surface area contributed by atoms with Crippen molar-refractivity contribution in [2.45, 2.75) is 29.4 Å². The molecule has 0 saturated carbocycles. The fraction of sp³-hybridized carbons (Fsp3) is 0.250. The summed E-state index contributed by atoms with van der Waals surface area (Å²) in [6.07, 6.45) is 4.43. The summed E-state index contributed by atoms with van der Waals surface area (Å²) in [7, 11) is 0. The van der Waals surface area contributed by atoms with Gasteiger partial charge in [0.15, 0.2) is 0 Å². The van der Waals surface area contributed by atoms with Gasteiger partial charge in [-0.1, -0.05) is 29.8 Å². The third-order valence-corrected chi connectivity index (χ3v) is 7.09. The van der Waals surface area contributed by atoms with Crippen LogP contribution in [0.2, 0.25) is 5.02 Å². The maximum atomic E-state index is 12.8. The van der Waals surface area contributed by atoms with Crippen molar-refractivity contribution < 1.29 is 24.3 Å². The molecule has 0 spiro atoms. The minimum Gasteiger partial charge on any atom is -0.481 e. The van der Waals surface area contributed by atoms with Crippen LogP contribution in [0.25, 0.3) is 0 Å². The van der Waals surface area contributed by atoms with Gasteiger partial charge in [-0.05, 0) is 55.3 Å². The van der Waals surface area contributed by atoms with Crippen molar-refractivity contribution >= 4 is 58.4 Å². The molecule has 0 aromatic heterocycles. The molecule has 1 fully saturated rings. The van der Waals surface area contributed by atoms with Crippen LogP contribution in [0.3, 0.4) is 0 Å². The van der Waals surface area contributed by atoms with Crippen LogP contribution in [0.5, 0.6) is 0 Å². The molecule has 2 aromatic carbocycles. The van der Waals surface area contributed by atoms with Crippen molar-refractivity contribution in [3.63, 3.8) is 0 Å². The first-order chi connectivity index (χ1) is 15.8. The summed E-state index contributed by atoms with van der Waals surface area (Å²) in [6, 6.07) is 13.5. The van der Waals surface area contributed by atoms with Crippen LogP contribution in [0, 0.1) is 11.8 Å². The SMILES string of the molecule is O=C(O)C1CC=CCC1C(=O)Nc1ccc(SC2CC(=O)N(c3cccc(Cl)c3)C2=O)cc1. The Morgan fingerprint density at radius 2 is 1.73 bits per heavy atom. The molecule has 1 aliphatic heterocycles. The van der Waals surface area contributed by atoms with E-state index in [-0.39, 0.29) is 24.1 Å². The second-order valence-corrected chi connectivity index (χ2v) is 9.58. The highest BCUT2D eigenvalue weighted by Crippen LogP contribution is 2.35. The number of nitrogens with one attached hydrogen (secondary N) is 1.